The van der Waals surface area contributed by atoms with E-state index in [1.54, 1.807) is 25.2 Å². The van der Waals surface area contributed by atoms with E-state index >= 15 is 0 Å². The molecule has 0 bridgehead atoms. The highest BCUT2D eigenvalue weighted by molar-refractivity contribution is 9.12. The fourth-order valence-corrected chi connectivity index (χ4v) is 3.81. The minimum absolute atomic E-state index is 0.0465. The maximum atomic E-state index is 12.3. The van der Waals surface area contributed by atoms with Gasteiger partial charge < -0.3 is 4.90 Å². The molecule has 5 nitrogen and oxygen atoms in total. The third-order valence-electron chi connectivity index (χ3n) is 5.44. The summed E-state index contributed by atoms with van der Waals surface area (Å²) in [5, 5.41) is 6.35. The Morgan fingerprint density at radius 1 is 1.28 bits per heavy atom. The van der Waals surface area contributed by atoms with Gasteiger partial charge in [-0.15, -0.1) is 0 Å². The normalized spacial score (nSPS) is 21.0. The molecule has 1 aromatic carbocycles. The van der Waals surface area contributed by atoms with Crippen molar-refractivity contribution in [1.82, 2.24) is 14.8 Å². The van der Waals surface area contributed by atoms with Crippen molar-refractivity contribution in [1.29, 1.82) is 0 Å². The van der Waals surface area contributed by atoms with Crippen molar-refractivity contribution in [3.8, 4) is 0 Å². The molecule has 32 heavy (non-hydrogen) atoms. The van der Waals surface area contributed by atoms with E-state index in [0.29, 0.717) is 0 Å². The van der Waals surface area contributed by atoms with Gasteiger partial charge in [-0.2, -0.15) is 5.10 Å². The molecule has 0 radical (unpaired) electrons. The van der Waals surface area contributed by atoms with Crippen LogP contribution >= 0.6 is 15.9 Å². The van der Waals surface area contributed by atoms with E-state index in [2.05, 4.69) is 56.8 Å². The second-order valence-corrected chi connectivity index (χ2v) is 8.76. The molecular formula is C26H35BrN4O. The lowest BCUT2D eigenvalue weighted by Crippen LogP contribution is -2.33. The number of nitrogens with zero attached hydrogens (tertiary/aromatic N) is 4. The van der Waals surface area contributed by atoms with E-state index in [1.165, 1.54) is 11.1 Å². The van der Waals surface area contributed by atoms with Crippen LogP contribution in [0.3, 0.4) is 0 Å². The number of likely N-dealkylation sites (N-methyl/N-ethyl adjacent to an activating group) is 1. The molecule has 2 aliphatic heterocycles. The second kappa shape index (κ2) is 12.0. The Kier molecular flexibility index (Phi) is 9.66. The van der Waals surface area contributed by atoms with Gasteiger partial charge in [0.15, 0.2) is 0 Å². The number of aryl methyl sites for hydroxylation is 1. The highest BCUT2D eigenvalue weighted by atomic mass is 79.9. The van der Waals surface area contributed by atoms with E-state index in [1.807, 2.05) is 45.0 Å². The van der Waals surface area contributed by atoms with Gasteiger partial charge in [0.05, 0.1) is 5.70 Å². The number of allylic oxidation sites excluding steroid dienone is 4. The van der Waals surface area contributed by atoms with Crippen LogP contribution in [0.15, 0.2) is 63.9 Å². The van der Waals surface area contributed by atoms with Crippen LogP contribution in [0.1, 0.15) is 41.8 Å². The number of hydrogen-bond acceptors (Lipinski definition) is 4. The van der Waals surface area contributed by atoms with Crippen LogP contribution in [-0.4, -0.2) is 67.7 Å². The molecule has 0 unspecified atom stereocenters. The molecule has 0 fully saturated rings. The minimum Gasteiger partial charge on any atom is -0.345 e. The summed E-state index contributed by atoms with van der Waals surface area (Å²) in [5.41, 5.74) is 6.38. The summed E-state index contributed by atoms with van der Waals surface area (Å²) in [6, 6.07) is 6.15. The van der Waals surface area contributed by atoms with Gasteiger partial charge in [0.25, 0.3) is 5.91 Å². The highest BCUT2D eigenvalue weighted by Crippen LogP contribution is 2.26. The van der Waals surface area contributed by atoms with E-state index in [9.17, 15) is 4.79 Å². The minimum atomic E-state index is 0.0465. The Balaban J connectivity index is 0.00000176. The molecule has 0 aliphatic carbocycles. The fourth-order valence-electron chi connectivity index (χ4n) is 3.58. The summed E-state index contributed by atoms with van der Waals surface area (Å²) in [4.78, 5) is 16.3. The monoisotopic (exact) mass is 498 g/mol. The average molecular weight is 499 g/mol. The van der Waals surface area contributed by atoms with Crippen LogP contribution in [0.2, 0.25) is 0 Å². The lowest BCUT2D eigenvalue weighted by atomic mass is 9.95. The van der Waals surface area contributed by atoms with E-state index < -0.39 is 0 Å². The van der Waals surface area contributed by atoms with Crippen LogP contribution in [0.5, 0.6) is 0 Å². The summed E-state index contributed by atoms with van der Waals surface area (Å²) in [5.74, 6) is 0.0465. The van der Waals surface area contributed by atoms with Crippen molar-refractivity contribution in [2.75, 3.05) is 40.8 Å². The summed E-state index contributed by atoms with van der Waals surface area (Å²) in [6.45, 7) is 12.8. The molecule has 0 saturated carbocycles. The Morgan fingerprint density at radius 3 is 2.59 bits per heavy atom. The molecule has 6 heteroatoms. The lowest BCUT2D eigenvalue weighted by molar-refractivity contribution is 0.0827. The number of benzene rings is 1. The molecular weight excluding hydrogens is 464 g/mol. The molecule has 172 valence electrons. The quantitative estimate of drug-likeness (QED) is 0.552. The van der Waals surface area contributed by atoms with E-state index in [4.69, 9.17) is 0 Å². The Hall–Kier alpha value is -2.44. The van der Waals surface area contributed by atoms with Crippen molar-refractivity contribution in [3.05, 3.63) is 75.4 Å². The Morgan fingerprint density at radius 2 is 2.00 bits per heavy atom. The van der Waals surface area contributed by atoms with Crippen LogP contribution in [0, 0.1) is 6.92 Å². The third kappa shape index (κ3) is 6.53. The Bertz CT molecular complexity index is 972. The van der Waals surface area contributed by atoms with Crippen molar-refractivity contribution in [2.24, 2.45) is 5.10 Å². The average Bonchev–Trinajstić information content (AvgIpc) is 2.79. The number of amides is 1. The number of rotatable bonds is 4. The topological polar surface area (TPSA) is 39.2 Å². The van der Waals surface area contributed by atoms with Gasteiger partial charge in [-0.3, -0.25) is 14.7 Å². The zero-order valence-electron chi connectivity index (χ0n) is 20.2. The van der Waals surface area contributed by atoms with Gasteiger partial charge in [-0.25, -0.2) is 0 Å². The molecule has 1 aromatic rings. The SMILES string of the molecule is C=C1/C=C(/CN2CC=C(c3ccc(C(=O)N(C)C)c(C)c3)CC2)N(C)/N=C\C=C/1Br.CC. The smallest absolute Gasteiger partial charge is 0.253 e. The van der Waals surface area contributed by atoms with Crippen LogP contribution in [0.25, 0.3) is 5.57 Å². The van der Waals surface area contributed by atoms with Crippen molar-refractivity contribution < 1.29 is 4.79 Å². The standard InChI is InChI=1S/C24H29BrN4O.C2H6/c1-17-14-20(6-7-22(17)24(30)27(3)4)19-9-12-29(13-10-19)16-21-15-18(2)23(25)8-11-26-28(21)5;1-2/h6-9,11,14-15H,2,10,12-13,16H2,1,3-5H3;1-2H3/b21-15-,23-8+,26-11-;. The lowest BCUT2D eigenvalue weighted by Gasteiger charge is -2.30. The first kappa shape index (κ1) is 25.8. The van der Waals surface area contributed by atoms with E-state index in [-0.39, 0.29) is 5.91 Å². The molecule has 3 rings (SSSR count). The van der Waals surface area contributed by atoms with Gasteiger partial charge in [-0.05, 0) is 53.8 Å². The molecule has 2 heterocycles. The molecule has 1 amide bonds. The summed E-state index contributed by atoms with van der Waals surface area (Å²) < 4.78 is 0.948. The second-order valence-electron chi connectivity index (χ2n) is 7.91. The van der Waals surface area contributed by atoms with Gasteiger partial charge in [0.1, 0.15) is 0 Å². The maximum absolute atomic E-state index is 12.3. The van der Waals surface area contributed by atoms with Gasteiger partial charge >= 0.3 is 0 Å². The zero-order valence-corrected chi connectivity index (χ0v) is 21.7. The molecule has 0 atom stereocenters. The molecule has 0 N–H and O–H groups in total. The molecule has 0 aromatic heterocycles. The third-order valence-corrected chi connectivity index (χ3v) is 6.21. The molecule has 0 spiro atoms. The van der Waals surface area contributed by atoms with Crippen molar-refractivity contribution in [3.63, 3.8) is 0 Å². The number of halogens is 1. The first-order chi connectivity index (χ1) is 15.3. The van der Waals surface area contributed by atoms with Gasteiger partial charge in [0, 0.05) is 57.0 Å². The highest BCUT2D eigenvalue weighted by Gasteiger charge is 2.18. The summed E-state index contributed by atoms with van der Waals surface area (Å²) >= 11 is 3.53. The number of carbonyl (C=O) groups is 1. The predicted molar refractivity (Wildman–Crippen MR) is 140 cm³/mol. The number of hydrogen-bond donors (Lipinski definition) is 0. The van der Waals surface area contributed by atoms with Crippen LogP contribution in [-0.2, 0) is 0 Å². The largest absolute Gasteiger partial charge is 0.345 e. The number of carbonyl (C=O) groups excluding carboxylic acids is 1. The summed E-state index contributed by atoms with van der Waals surface area (Å²) in [6.07, 6.45) is 9.04. The molecule has 2 aliphatic rings. The number of hydrazone groups is 1. The maximum Gasteiger partial charge on any atom is 0.253 e. The van der Waals surface area contributed by atoms with Crippen molar-refractivity contribution in [2.45, 2.75) is 27.2 Å². The van der Waals surface area contributed by atoms with Crippen LogP contribution < -0.4 is 0 Å². The molecule has 0 saturated heterocycles. The zero-order chi connectivity index (χ0) is 23.8. The first-order valence-corrected chi connectivity index (χ1v) is 11.8. The summed E-state index contributed by atoms with van der Waals surface area (Å²) in [7, 11) is 5.53. The fraction of sp³-hybridized carbons (Fsp3) is 0.385. The van der Waals surface area contributed by atoms with E-state index in [0.717, 1.165) is 52.9 Å². The first-order valence-electron chi connectivity index (χ1n) is 11.0. The van der Waals surface area contributed by atoms with Gasteiger partial charge in [-0.1, -0.05) is 54.6 Å². The Labute approximate surface area is 201 Å². The predicted octanol–water partition coefficient (Wildman–Crippen LogP) is 5.46. The van der Waals surface area contributed by atoms with Crippen molar-refractivity contribution >= 4 is 33.6 Å². The van der Waals surface area contributed by atoms with Crippen LogP contribution in [0.4, 0.5) is 0 Å². The van der Waals surface area contributed by atoms with Gasteiger partial charge in [0.2, 0.25) is 0 Å².